The second-order valence-corrected chi connectivity index (χ2v) is 7.94. The molecule has 32 heavy (non-hydrogen) atoms. The summed E-state index contributed by atoms with van der Waals surface area (Å²) in [4.78, 5) is 25.7. The zero-order valence-electron chi connectivity index (χ0n) is 17.2. The molecular formula is C24H20FN3O3S. The fourth-order valence-electron chi connectivity index (χ4n) is 3.20. The van der Waals surface area contributed by atoms with Crippen LogP contribution in [0, 0.1) is 5.82 Å². The molecule has 0 aliphatic carbocycles. The Balaban J connectivity index is 1.67. The molecule has 1 amide bonds. The molecule has 2 heterocycles. The van der Waals surface area contributed by atoms with E-state index in [1.54, 1.807) is 41.9 Å². The molecule has 6 nitrogen and oxygen atoms in total. The SMILES string of the molecule is CCOC(=O)c1cc(-c2cccc(NC(=O)Cc3cccs3)c2)n(-c2ccc(F)cc2)n1. The molecule has 0 radical (unpaired) electrons. The summed E-state index contributed by atoms with van der Waals surface area (Å²) >= 11 is 1.53. The summed E-state index contributed by atoms with van der Waals surface area (Å²) in [7, 11) is 0. The van der Waals surface area contributed by atoms with Gasteiger partial charge in [0.15, 0.2) is 5.69 Å². The van der Waals surface area contributed by atoms with Crippen molar-refractivity contribution in [2.24, 2.45) is 0 Å². The third kappa shape index (κ3) is 4.92. The van der Waals surface area contributed by atoms with Crippen LogP contribution < -0.4 is 5.32 Å². The molecule has 0 unspecified atom stereocenters. The molecule has 0 fully saturated rings. The summed E-state index contributed by atoms with van der Waals surface area (Å²) in [5, 5.41) is 9.21. The van der Waals surface area contributed by atoms with E-state index in [1.165, 1.54) is 23.5 Å². The normalized spacial score (nSPS) is 10.7. The fourth-order valence-corrected chi connectivity index (χ4v) is 3.91. The van der Waals surface area contributed by atoms with E-state index in [-0.39, 0.29) is 24.0 Å². The third-order valence-corrected chi connectivity index (χ3v) is 5.50. The maximum Gasteiger partial charge on any atom is 0.358 e. The molecule has 2 aromatic heterocycles. The minimum atomic E-state index is -0.546. The van der Waals surface area contributed by atoms with Crippen molar-refractivity contribution in [2.75, 3.05) is 11.9 Å². The third-order valence-electron chi connectivity index (χ3n) is 4.62. The van der Waals surface area contributed by atoms with Crippen LogP contribution in [0.1, 0.15) is 22.3 Å². The van der Waals surface area contributed by atoms with Gasteiger partial charge < -0.3 is 10.1 Å². The number of carbonyl (C=O) groups excluding carboxylic acids is 2. The van der Waals surface area contributed by atoms with Crippen molar-refractivity contribution in [3.05, 3.63) is 88.5 Å². The second-order valence-electron chi connectivity index (χ2n) is 6.91. The fraction of sp³-hybridized carbons (Fsp3) is 0.125. The van der Waals surface area contributed by atoms with E-state index in [2.05, 4.69) is 10.4 Å². The number of halogens is 1. The lowest BCUT2D eigenvalue weighted by atomic mass is 10.1. The molecule has 0 saturated carbocycles. The van der Waals surface area contributed by atoms with Crippen molar-refractivity contribution >= 4 is 28.9 Å². The highest BCUT2D eigenvalue weighted by molar-refractivity contribution is 7.10. The number of hydrogen-bond donors (Lipinski definition) is 1. The molecule has 0 bridgehead atoms. The number of nitrogens with zero attached hydrogens (tertiary/aromatic N) is 2. The number of thiophene rings is 1. The molecule has 2 aromatic carbocycles. The van der Waals surface area contributed by atoms with Gasteiger partial charge in [0.1, 0.15) is 5.82 Å². The largest absolute Gasteiger partial charge is 0.461 e. The number of anilines is 1. The summed E-state index contributed by atoms with van der Waals surface area (Å²) in [6, 6.07) is 18.5. The average molecular weight is 450 g/mol. The van der Waals surface area contributed by atoms with Crippen LogP contribution in [0.3, 0.4) is 0 Å². The minimum absolute atomic E-state index is 0.121. The van der Waals surface area contributed by atoms with Crippen LogP contribution >= 0.6 is 11.3 Å². The van der Waals surface area contributed by atoms with Crippen LogP contribution in [-0.2, 0) is 16.0 Å². The number of nitrogens with one attached hydrogen (secondary N) is 1. The Morgan fingerprint density at radius 3 is 2.62 bits per heavy atom. The average Bonchev–Trinajstić information content (AvgIpc) is 3.45. The Kier molecular flexibility index (Phi) is 6.42. The van der Waals surface area contributed by atoms with Gasteiger partial charge in [0, 0.05) is 16.1 Å². The maximum atomic E-state index is 13.4. The Morgan fingerprint density at radius 2 is 1.91 bits per heavy atom. The van der Waals surface area contributed by atoms with Crippen molar-refractivity contribution in [3.63, 3.8) is 0 Å². The molecule has 162 valence electrons. The van der Waals surface area contributed by atoms with Gasteiger partial charge in [0.05, 0.1) is 24.4 Å². The molecule has 0 aliphatic rings. The van der Waals surface area contributed by atoms with Gasteiger partial charge in [-0.2, -0.15) is 5.10 Å². The molecule has 4 rings (SSSR count). The van der Waals surface area contributed by atoms with Crippen LogP contribution in [0.2, 0.25) is 0 Å². The topological polar surface area (TPSA) is 73.2 Å². The Hall–Kier alpha value is -3.78. The molecule has 0 aliphatic heterocycles. The Labute approximate surface area is 188 Å². The number of amides is 1. The molecule has 1 N–H and O–H groups in total. The number of carbonyl (C=O) groups is 2. The molecular weight excluding hydrogens is 429 g/mol. The van der Waals surface area contributed by atoms with Gasteiger partial charge in [0.25, 0.3) is 0 Å². The minimum Gasteiger partial charge on any atom is -0.461 e. The van der Waals surface area contributed by atoms with Gasteiger partial charge in [0.2, 0.25) is 5.91 Å². The van der Waals surface area contributed by atoms with E-state index in [4.69, 9.17) is 4.74 Å². The first-order chi connectivity index (χ1) is 15.5. The quantitative estimate of drug-likeness (QED) is 0.399. The highest BCUT2D eigenvalue weighted by Gasteiger charge is 2.18. The number of aromatic nitrogens is 2. The number of ether oxygens (including phenoxy) is 1. The number of esters is 1. The van der Waals surface area contributed by atoms with Gasteiger partial charge in [-0.25, -0.2) is 13.9 Å². The second kappa shape index (κ2) is 9.57. The first-order valence-corrected chi connectivity index (χ1v) is 10.9. The molecule has 8 heteroatoms. The van der Waals surface area contributed by atoms with Gasteiger partial charge in [-0.05, 0) is 60.8 Å². The van der Waals surface area contributed by atoms with Crippen molar-refractivity contribution in [1.82, 2.24) is 9.78 Å². The van der Waals surface area contributed by atoms with Gasteiger partial charge in [-0.15, -0.1) is 11.3 Å². The van der Waals surface area contributed by atoms with Crippen molar-refractivity contribution in [3.8, 4) is 16.9 Å². The predicted octanol–water partition coefficient (Wildman–Crippen LogP) is 5.10. The van der Waals surface area contributed by atoms with Crippen molar-refractivity contribution in [2.45, 2.75) is 13.3 Å². The standard InChI is InChI=1S/C24H20FN3O3S/c1-2-31-24(30)21-15-22(28(27-21)19-10-8-17(25)9-11-19)16-5-3-6-18(13-16)26-23(29)14-20-7-4-12-32-20/h3-13,15H,2,14H2,1H3,(H,26,29). The van der Waals surface area contributed by atoms with E-state index >= 15 is 0 Å². The van der Waals surface area contributed by atoms with Crippen LogP contribution in [0.4, 0.5) is 10.1 Å². The molecule has 0 spiro atoms. The summed E-state index contributed by atoms with van der Waals surface area (Å²) in [6.45, 7) is 1.95. The van der Waals surface area contributed by atoms with E-state index in [0.29, 0.717) is 23.5 Å². The zero-order valence-corrected chi connectivity index (χ0v) is 18.1. The lowest BCUT2D eigenvalue weighted by Crippen LogP contribution is -2.13. The highest BCUT2D eigenvalue weighted by Crippen LogP contribution is 2.27. The van der Waals surface area contributed by atoms with Crippen LogP contribution in [0.5, 0.6) is 0 Å². The van der Waals surface area contributed by atoms with Crippen molar-refractivity contribution < 1.29 is 18.7 Å². The predicted molar refractivity (Wildman–Crippen MR) is 122 cm³/mol. The van der Waals surface area contributed by atoms with E-state index < -0.39 is 5.97 Å². The zero-order chi connectivity index (χ0) is 22.5. The first-order valence-electron chi connectivity index (χ1n) is 9.99. The lowest BCUT2D eigenvalue weighted by Gasteiger charge is -2.10. The molecule has 0 atom stereocenters. The van der Waals surface area contributed by atoms with E-state index in [1.807, 2.05) is 29.6 Å². The molecule has 0 saturated heterocycles. The van der Waals surface area contributed by atoms with Gasteiger partial charge in [-0.3, -0.25) is 4.79 Å². The van der Waals surface area contributed by atoms with Crippen molar-refractivity contribution in [1.29, 1.82) is 0 Å². The van der Waals surface area contributed by atoms with Crippen LogP contribution in [0.15, 0.2) is 72.1 Å². The van der Waals surface area contributed by atoms with Crippen LogP contribution in [0.25, 0.3) is 16.9 Å². The van der Waals surface area contributed by atoms with Gasteiger partial charge >= 0.3 is 5.97 Å². The summed E-state index contributed by atoms with van der Waals surface area (Å²) in [5.74, 6) is -1.04. The summed E-state index contributed by atoms with van der Waals surface area (Å²) in [6.07, 6.45) is 0.294. The lowest BCUT2D eigenvalue weighted by molar-refractivity contribution is -0.115. The van der Waals surface area contributed by atoms with Crippen LogP contribution in [-0.4, -0.2) is 28.3 Å². The number of rotatable bonds is 7. The summed E-state index contributed by atoms with van der Waals surface area (Å²) in [5.41, 5.74) is 2.68. The molecule has 4 aromatic rings. The van der Waals surface area contributed by atoms with E-state index in [9.17, 15) is 14.0 Å². The first kappa shape index (κ1) is 21.5. The monoisotopic (exact) mass is 449 g/mol. The highest BCUT2D eigenvalue weighted by atomic mass is 32.1. The van der Waals surface area contributed by atoms with Gasteiger partial charge in [-0.1, -0.05) is 18.2 Å². The number of benzene rings is 2. The van der Waals surface area contributed by atoms with E-state index in [0.717, 1.165) is 10.4 Å². The summed E-state index contributed by atoms with van der Waals surface area (Å²) < 4.78 is 20.1. The number of hydrogen-bond acceptors (Lipinski definition) is 5. The Bertz CT molecular complexity index is 1230. The smallest absolute Gasteiger partial charge is 0.358 e. The Morgan fingerprint density at radius 1 is 1.09 bits per heavy atom. The maximum absolute atomic E-state index is 13.4.